The van der Waals surface area contributed by atoms with E-state index in [1.54, 1.807) is 0 Å². The van der Waals surface area contributed by atoms with Gasteiger partial charge in [0.05, 0.1) is 10.9 Å². The third-order valence-electron chi connectivity index (χ3n) is 13.7. The van der Waals surface area contributed by atoms with Crippen molar-refractivity contribution in [1.29, 1.82) is 0 Å². The molecule has 310 valence electrons. The summed E-state index contributed by atoms with van der Waals surface area (Å²) >= 11 is 0. The van der Waals surface area contributed by atoms with Crippen LogP contribution in [0.1, 0.15) is 43.0 Å². The Bertz CT molecular complexity index is 3520. The Morgan fingerprint density at radius 3 is 1.60 bits per heavy atom. The molecule has 12 rings (SSSR count). The maximum absolute atomic E-state index is 2.52. The second-order valence-corrected chi connectivity index (χ2v) is 18.4. The molecular weight excluding hydrogens is 785 g/mol. The first-order chi connectivity index (χ1) is 31.9. The molecule has 0 atom stereocenters. The summed E-state index contributed by atoms with van der Waals surface area (Å²) in [5.74, 6) is 0. The first-order valence-corrected chi connectivity index (χ1v) is 22.8. The summed E-state index contributed by atoms with van der Waals surface area (Å²) in [6, 6.07) is 87.7. The van der Waals surface area contributed by atoms with Gasteiger partial charge in [0.2, 0.25) is 0 Å². The van der Waals surface area contributed by atoms with Gasteiger partial charge in [-0.05, 0) is 130 Å². The molecule has 1 aromatic heterocycles. The van der Waals surface area contributed by atoms with Crippen LogP contribution >= 0.6 is 0 Å². The van der Waals surface area contributed by atoms with E-state index in [-0.39, 0.29) is 5.54 Å². The van der Waals surface area contributed by atoms with Crippen molar-refractivity contribution < 1.29 is 0 Å². The Labute approximate surface area is 381 Å². The highest BCUT2D eigenvalue weighted by Gasteiger charge is 2.47. The average molecular weight is 833 g/mol. The summed E-state index contributed by atoms with van der Waals surface area (Å²) in [5, 5.41) is 4.96. The molecule has 0 radical (unpaired) electrons. The molecule has 0 fully saturated rings. The Morgan fingerprint density at radius 1 is 0.369 bits per heavy atom. The first-order valence-electron chi connectivity index (χ1n) is 22.8. The molecule has 2 heteroatoms. The van der Waals surface area contributed by atoms with E-state index >= 15 is 0 Å². The molecule has 0 N–H and O–H groups in total. The lowest BCUT2D eigenvalue weighted by Gasteiger charge is -2.34. The highest BCUT2D eigenvalue weighted by molar-refractivity contribution is 6.10. The molecule has 11 aromatic rings. The molecule has 65 heavy (non-hydrogen) atoms. The molecule has 0 unspecified atom stereocenters. The molecular formula is C63H48N2. The van der Waals surface area contributed by atoms with Crippen LogP contribution in [0.5, 0.6) is 0 Å². The van der Waals surface area contributed by atoms with E-state index < -0.39 is 5.41 Å². The quantitative estimate of drug-likeness (QED) is 0.155. The lowest BCUT2D eigenvalue weighted by atomic mass is 9.67. The van der Waals surface area contributed by atoms with Gasteiger partial charge in [0, 0.05) is 38.9 Å². The van der Waals surface area contributed by atoms with Gasteiger partial charge in [-0.15, -0.1) is 0 Å². The van der Waals surface area contributed by atoms with Crippen LogP contribution in [0, 0.1) is 0 Å². The lowest BCUT2D eigenvalue weighted by molar-refractivity contribution is 0.423. The van der Waals surface area contributed by atoms with Crippen LogP contribution in [-0.4, -0.2) is 4.57 Å². The van der Waals surface area contributed by atoms with Gasteiger partial charge in [0.15, 0.2) is 0 Å². The number of rotatable bonds is 7. The summed E-state index contributed by atoms with van der Waals surface area (Å²) in [6.07, 6.45) is 0. The number of benzene rings is 10. The van der Waals surface area contributed by atoms with Gasteiger partial charge in [0.1, 0.15) is 0 Å². The fourth-order valence-corrected chi connectivity index (χ4v) is 11.1. The van der Waals surface area contributed by atoms with E-state index in [1.165, 1.54) is 88.2 Å². The van der Waals surface area contributed by atoms with Crippen molar-refractivity contribution >= 4 is 49.6 Å². The monoisotopic (exact) mass is 832 g/mol. The predicted molar refractivity (Wildman–Crippen MR) is 275 cm³/mol. The van der Waals surface area contributed by atoms with Gasteiger partial charge in [-0.25, -0.2) is 0 Å². The second kappa shape index (κ2) is 15.1. The third kappa shape index (κ3) is 6.09. The van der Waals surface area contributed by atoms with E-state index in [2.05, 4.69) is 267 Å². The Kier molecular flexibility index (Phi) is 9.00. The van der Waals surface area contributed by atoms with Crippen molar-refractivity contribution in [3.8, 4) is 33.4 Å². The third-order valence-corrected chi connectivity index (χ3v) is 13.7. The van der Waals surface area contributed by atoms with Crippen LogP contribution in [0.2, 0.25) is 0 Å². The van der Waals surface area contributed by atoms with Gasteiger partial charge < -0.3 is 9.47 Å². The maximum atomic E-state index is 2.52. The van der Waals surface area contributed by atoms with Crippen molar-refractivity contribution in [2.24, 2.45) is 0 Å². The minimum atomic E-state index is -0.540. The number of hydrogen-bond acceptors (Lipinski definition) is 1. The van der Waals surface area contributed by atoms with Gasteiger partial charge in [-0.2, -0.15) is 0 Å². The summed E-state index contributed by atoms with van der Waals surface area (Å²) in [4.78, 5) is 2.49. The summed E-state index contributed by atoms with van der Waals surface area (Å²) in [7, 11) is 0. The SMILES string of the molecule is CC(C)(C)n1c2ccccc2c2ccc(N(c3ccc4c(c3)-c3c(-c5ccccc5)cccc3C4(c3ccccc3)c3ccccc3)c3ccc4cccc(-c5ccccc5)c4c3)cc21. The fraction of sp³-hybridized carbons (Fsp3) is 0.0794. The lowest BCUT2D eigenvalue weighted by Crippen LogP contribution is -2.28. The van der Waals surface area contributed by atoms with Gasteiger partial charge in [-0.3, -0.25) is 0 Å². The molecule has 0 spiro atoms. The standard InChI is InChI=1S/C63H48N2/c1-62(2,3)65-59-33-17-16-29-53(59)54-38-36-50(42-60(54)65)64(48-35-34-45-24-18-30-51(55(45)40-48)43-20-8-4-9-21-43)49-37-39-57-56(41-49)61-52(44-22-10-5-11-23-44)31-19-32-58(61)63(57,46-25-12-6-13-26-46)47-27-14-7-15-28-47/h4-42H,1-3H3. The summed E-state index contributed by atoms with van der Waals surface area (Å²) in [5.41, 5.74) is 17.6. The summed E-state index contributed by atoms with van der Waals surface area (Å²) < 4.78 is 2.52. The molecule has 1 aliphatic rings. The van der Waals surface area contributed by atoms with E-state index in [1.807, 2.05) is 0 Å². The number of hydrogen-bond donors (Lipinski definition) is 0. The molecule has 1 heterocycles. The number of fused-ring (bicyclic) bond motifs is 7. The summed E-state index contributed by atoms with van der Waals surface area (Å²) in [6.45, 7) is 6.93. The largest absolute Gasteiger partial charge is 0.335 e. The zero-order chi connectivity index (χ0) is 43.7. The molecule has 0 bridgehead atoms. The molecule has 0 saturated heterocycles. The predicted octanol–water partition coefficient (Wildman–Crippen LogP) is 16.9. The van der Waals surface area contributed by atoms with Crippen LogP contribution in [0.25, 0.3) is 66.0 Å². The van der Waals surface area contributed by atoms with Crippen LogP contribution in [-0.2, 0) is 11.0 Å². The molecule has 1 aliphatic carbocycles. The second-order valence-electron chi connectivity index (χ2n) is 18.4. The topological polar surface area (TPSA) is 8.17 Å². The molecule has 0 amide bonds. The highest BCUT2D eigenvalue weighted by atomic mass is 15.1. The van der Waals surface area contributed by atoms with E-state index in [9.17, 15) is 0 Å². The number of para-hydroxylation sites is 1. The van der Waals surface area contributed by atoms with Crippen LogP contribution in [0.4, 0.5) is 17.1 Å². The molecule has 0 saturated carbocycles. The van der Waals surface area contributed by atoms with E-state index in [0.29, 0.717) is 0 Å². The average Bonchev–Trinajstić information content (AvgIpc) is 3.86. The smallest absolute Gasteiger partial charge is 0.0713 e. The zero-order valence-electron chi connectivity index (χ0n) is 36.9. The van der Waals surface area contributed by atoms with Crippen molar-refractivity contribution in [2.75, 3.05) is 4.90 Å². The molecule has 10 aromatic carbocycles. The van der Waals surface area contributed by atoms with Crippen LogP contribution < -0.4 is 4.90 Å². The molecule has 0 aliphatic heterocycles. The fourth-order valence-electron chi connectivity index (χ4n) is 11.1. The van der Waals surface area contributed by atoms with Crippen LogP contribution in [0.15, 0.2) is 237 Å². The number of aromatic nitrogens is 1. The normalized spacial score (nSPS) is 13.0. The van der Waals surface area contributed by atoms with Gasteiger partial charge >= 0.3 is 0 Å². The van der Waals surface area contributed by atoms with Gasteiger partial charge in [-0.1, -0.05) is 194 Å². The van der Waals surface area contributed by atoms with E-state index in [0.717, 1.165) is 17.1 Å². The minimum absolute atomic E-state index is 0.151. The minimum Gasteiger partial charge on any atom is -0.335 e. The Hall–Kier alpha value is -7.94. The Balaban J connectivity index is 1.17. The number of nitrogens with zero attached hydrogens (tertiary/aromatic N) is 2. The first kappa shape index (κ1) is 38.7. The van der Waals surface area contributed by atoms with Gasteiger partial charge in [0.25, 0.3) is 0 Å². The highest BCUT2D eigenvalue weighted by Crippen LogP contribution is 2.59. The maximum Gasteiger partial charge on any atom is 0.0713 e. The van der Waals surface area contributed by atoms with Crippen molar-refractivity contribution in [2.45, 2.75) is 31.7 Å². The van der Waals surface area contributed by atoms with Crippen molar-refractivity contribution in [1.82, 2.24) is 4.57 Å². The molecule has 2 nitrogen and oxygen atoms in total. The Morgan fingerprint density at radius 2 is 0.908 bits per heavy atom. The van der Waals surface area contributed by atoms with Crippen molar-refractivity contribution in [3.05, 3.63) is 259 Å². The van der Waals surface area contributed by atoms with E-state index in [4.69, 9.17) is 0 Å². The van der Waals surface area contributed by atoms with Crippen LogP contribution in [0.3, 0.4) is 0 Å². The van der Waals surface area contributed by atoms with Crippen molar-refractivity contribution in [3.63, 3.8) is 0 Å². The number of anilines is 3. The zero-order valence-corrected chi connectivity index (χ0v) is 36.9.